The van der Waals surface area contributed by atoms with Crippen molar-refractivity contribution >= 4 is 23.2 Å². The summed E-state index contributed by atoms with van der Waals surface area (Å²) in [7, 11) is 0. The minimum absolute atomic E-state index is 0.0562. The number of aliphatic hydroxyl groups excluding tert-OH is 1. The zero-order chi connectivity index (χ0) is 12.7. The van der Waals surface area contributed by atoms with Gasteiger partial charge in [0, 0.05) is 0 Å². The summed E-state index contributed by atoms with van der Waals surface area (Å²) in [6.07, 6.45) is 0. The summed E-state index contributed by atoms with van der Waals surface area (Å²) >= 11 is 5.80. The number of hydrogen-bond donors (Lipinski definition) is 1. The smallest absolute Gasteiger partial charge is 0.274 e. The highest BCUT2D eigenvalue weighted by Crippen LogP contribution is 2.35. The summed E-state index contributed by atoms with van der Waals surface area (Å²) in [5.41, 5.74) is 2.81. The van der Waals surface area contributed by atoms with Crippen molar-refractivity contribution in [2.24, 2.45) is 0 Å². The fraction of sp³-hybridized carbons (Fsp3) is 0.308. The van der Waals surface area contributed by atoms with Crippen LogP contribution in [0.15, 0.2) is 29.0 Å². The highest BCUT2D eigenvalue weighted by molar-refractivity contribution is 6.45. The Labute approximate surface area is 105 Å². The van der Waals surface area contributed by atoms with Crippen LogP contribution in [0.25, 0.3) is 0 Å². The van der Waals surface area contributed by atoms with Crippen LogP contribution in [0.3, 0.4) is 0 Å². The van der Waals surface area contributed by atoms with Crippen molar-refractivity contribution in [3.05, 3.63) is 40.1 Å². The molecule has 0 radical (unpaired) electrons. The standard InChI is InChI=1S/C13H14ClNO2/c1-7-5-4-6-8(2)11(7)15-9(3)12(16)10(14)13(15)17/h4-6,9,16H,1-3H3. The fourth-order valence-electron chi connectivity index (χ4n) is 2.18. The van der Waals surface area contributed by atoms with Crippen molar-refractivity contribution in [2.45, 2.75) is 26.8 Å². The molecule has 1 aliphatic rings. The van der Waals surface area contributed by atoms with E-state index in [1.165, 1.54) is 0 Å². The molecule has 90 valence electrons. The minimum atomic E-state index is -0.408. The molecule has 0 aliphatic carbocycles. The summed E-state index contributed by atoms with van der Waals surface area (Å²) in [6.45, 7) is 5.63. The Morgan fingerprint density at radius 2 is 1.82 bits per heavy atom. The van der Waals surface area contributed by atoms with Crippen LogP contribution >= 0.6 is 11.6 Å². The van der Waals surface area contributed by atoms with Gasteiger partial charge in [0.15, 0.2) is 0 Å². The molecule has 17 heavy (non-hydrogen) atoms. The van der Waals surface area contributed by atoms with Crippen molar-refractivity contribution in [3.8, 4) is 0 Å². The molecule has 0 bridgehead atoms. The van der Waals surface area contributed by atoms with Crippen LogP contribution < -0.4 is 4.90 Å². The molecule has 0 saturated carbocycles. The quantitative estimate of drug-likeness (QED) is 0.833. The van der Waals surface area contributed by atoms with Crippen LogP contribution in [0.1, 0.15) is 18.1 Å². The molecule has 0 fully saturated rings. The number of anilines is 1. The first-order valence-electron chi connectivity index (χ1n) is 5.43. The summed E-state index contributed by atoms with van der Waals surface area (Å²) in [5, 5.41) is 9.65. The Hall–Kier alpha value is -1.48. The predicted molar refractivity (Wildman–Crippen MR) is 68.4 cm³/mol. The number of rotatable bonds is 1. The third kappa shape index (κ3) is 1.71. The van der Waals surface area contributed by atoms with Crippen molar-refractivity contribution in [1.82, 2.24) is 0 Å². The molecule has 1 atom stereocenters. The number of carbonyl (C=O) groups excluding carboxylic acids is 1. The van der Waals surface area contributed by atoms with Crippen LogP contribution in [0.2, 0.25) is 0 Å². The first kappa shape index (κ1) is 12.0. The van der Waals surface area contributed by atoms with Gasteiger partial charge in [0.05, 0.1) is 11.7 Å². The Kier molecular flexibility index (Phi) is 2.87. The number of carbonyl (C=O) groups is 1. The van der Waals surface area contributed by atoms with Crippen LogP contribution in [-0.4, -0.2) is 17.1 Å². The molecule has 0 saturated heterocycles. The number of hydrogen-bond acceptors (Lipinski definition) is 2. The Bertz CT molecular complexity index is 502. The maximum Gasteiger partial charge on any atom is 0.274 e. The molecule has 2 rings (SSSR count). The van der Waals surface area contributed by atoms with Gasteiger partial charge < -0.3 is 5.11 Å². The second kappa shape index (κ2) is 4.08. The number of benzene rings is 1. The lowest BCUT2D eigenvalue weighted by Gasteiger charge is -2.25. The van der Waals surface area contributed by atoms with Gasteiger partial charge in [0.1, 0.15) is 10.8 Å². The topological polar surface area (TPSA) is 40.5 Å². The van der Waals surface area contributed by atoms with E-state index in [2.05, 4.69) is 0 Å². The normalized spacial score (nSPS) is 20.4. The molecular weight excluding hydrogens is 238 g/mol. The van der Waals surface area contributed by atoms with Crippen molar-refractivity contribution in [2.75, 3.05) is 4.90 Å². The third-order valence-corrected chi connectivity index (χ3v) is 3.45. The number of amides is 1. The molecule has 1 aliphatic heterocycles. The van der Waals surface area contributed by atoms with Gasteiger partial charge in [0.25, 0.3) is 5.91 Å². The number of nitrogens with zero attached hydrogens (tertiary/aromatic N) is 1. The average Bonchev–Trinajstić information content (AvgIpc) is 2.46. The van der Waals surface area contributed by atoms with Crippen LogP contribution in [0.5, 0.6) is 0 Å². The Balaban J connectivity index is 2.54. The van der Waals surface area contributed by atoms with Crippen molar-refractivity contribution in [1.29, 1.82) is 0 Å². The van der Waals surface area contributed by atoms with E-state index in [0.717, 1.165) is 16.8 Å². The first-order chi connectivity index (χ1) is 7.95. The van der Waals surface area contributed by atoms with Gasteiger partial charge in [-0.05, 0) is 31.9 Å². The fourth-order valence-corrected chi connectivity index (χ4v) is 2.43. The highest BCUT2D eigenvalue weighted by Gasteiger charge is 2.38. The van der Waals surface area contributed by atoms with Gasteiger partial charge in [-0.2, -0.15) is 0 Å². The number of aliphatic hydroxyl groups is 1. The van der Waals surface area contributed by atoms with Gasteiger partial charge in [-0.3, -0.25) is 9.69 Å². The second-order valence-electron chi connectivity index (χ2n) is 4.29. The zero-order valence-corrected chi connectivity index (χ0v) is 10.7. The Morgan fingerprint density at radius 1 is 1.29 bits per heavy atom. The minimum Gasteiger partial charge on any atom is -0.508 e. The van der Waals surface area contributed by atoms with E-state index in [1.54, 1.807) is 11.8 Å². The van der Waals surface area contributed by atoms with Gasteiger partial charge in [0.2, 0.25) is 0 Å². The largest absolute Gasteiger partial charge is 0.508 e. The maximum atomic E-state index is 12.0. The molecule has 1 N–H and O–H groups in total. The lowest BCUT2D eigenvalue weighted by Crippen LogP contribution is -2.34. The Morgan fingerprint density at radius 3 is 2.24 bits per heavy atom. The van der Waals surface area contributed by atoms with Crippen LogP contribution in [-0.2, 0) is 4.79 Å². The molecule has 1 amide bonds. The lowest BCUT2D eigenvalue weighted by atomic mass is 10.1. The molecule has 1 aromatic rings. The van der Waals surface area contributed by atoms with Crippen LogP contribution in [0, 0.1) is 13.8 Å². The predicted octanol–water partition coefficient (Wildman–Crippen LogP) is 3.05. The average molecular weight is 252 g/mol. The van der Waals surface area contributed by atoms with Crippen molar-refractivity contribution < 1.29 is 9.90 Å². The highest BCUT2D eigenvalue weighted by atomic mass is 35.5. The van der Waals surface area contributed by atoms with Crippen LogP contribution in [0.4, 0.5) is 5.69 Å². The van der Waals surface area contributed by atoms with Crippen molar-refractivity contribution in [3.63, 3.8) is 0 Å². The SMILES string of the molecule is Cc1cccc(C)c1N1C(=O)C(Cl)=C(O)C1C. The summed E-state index contributed by atoms with van der Waals surface area (Å²) in [6, 6.07) is 5.40. The van der Waals surface area contributed by atoms with E-state index in [9.17, 15) is 9.90 Å². The summed E-state index contributed by atoms with van der Waals surface area (Å²) < 4.78 is 0. The van der Waals surface area contributed by atoms with E-state index < -0.39 is 6.04 Å². The maximum absolute atomic E-state index is 12.0. The molecule has 1 unspecified atom stereocenters. The van der Waals surface area contributed by atoms with E-state index in [1.807, 2.05) is 32.0 Å². The lowest BCUT2D eigenvalue weighted by molar-refractivity contribution is -0.114. The van der Waals surface area contributed by atoms with Gasteiger partial charge in [-0.25, -0.2) is 0 Å². The third-order valence-electron chi connectivity index (χ3n) is 3.09. The second-order valence-corrected chi connectivity index (χ2v) is 4.67. The molecule has 4 heteroatoms. The molecule has 3 nitrogen and oxygen atoms in total. The first-order valence-corrected chi connectivity index (χ1v) is 5.81. The number of para-hydroxylation sites is 1. The number of aryl methyl sites for hydroxylation is 2. The van der Waals surface area contributed by atoms with E-state index in [4.69, 9.17) is 11.6 Å². The number of halogens is 1. The summed E-state index contributed by atoms with van der Waals surface area (Å²) in [4.78, 5) is 13.6. The molecule has 0 spiro atoms. The van der Waals surface area contributed by atoms with Gasteiger partial charge in [-0.1, -0.05) is 29.8 Å². The summed E-state index contributed by atoms with van der Waals surface area (Å²) in [5.74, 6) is -0.395. The van der Waals surface area contributed by atoms with E-state index >= 15 is 0 Å². The molecule has 0 aromatic heterocycles. The van der Waals surface area contributed by atoms with E-state index in [-0.39, 0.29) is 16.7 Å². The monoisotopic (exact) mass is 251 g/mol. The van der Waals surface area contributed by atoms with Gasteiger partial charge >= 0.3 is 0 Å². The van der Waals surface area contributed by atoms with E-state index in [0.29, 0.717) is 0 Å². The molecule has 1 aromatic carbocycles. The zero-order valence-electron chi connectivity index (χ0n) is 9.99. The molecular formula is C13H14ClNO2. The molecule has 1 heterocycles. The van der Waals surface area contributed by atoms with Gasteiger partial charge in [-0.15, -0.1) is 0 Å².